The number of hydrogen-bond donors (Lipinski definition) is 1. The van der Waals surface area contributed by atoms with E-state index in [0.29, 0.717) is 6.04 Å². The van der Waals surface area contributed by atoms with Crippen LogP contribution in [0.2, 0.25) is 0 Å². The molecule has 122 valence electrons. The summed E-state index contributed by atoms with van der Waals surface area (Å²) in [7, 11) is 0. The second kappa shape index (κ2) is 6.84. The summed E-state index contributed by atoms with van der Waals surface area (Å²) in [5.41, 5.74) is 2.40. The number of nitrogens with one attached hydrogen (secondary N) is 1. The lowest BCUT2D eigenvalue weighted by atomic mass is 10.1. The third-order valence-electron chi connectivity index (χ3n) is 4.49. The summed E-state index contributed by atoms with van der Waals surface area (Å²) in [5, 5.41) is 8.04. The number of pyridine rings is 1. The normalized spacial score (nSPS) is 17.3. The Labute approximate surface area is 142 Å². The van der Waals surface area contributed by atoms with Crippen molar-refractivity contribution in [2.75, 3.05) is 18.0 Å². The Morgan fingerprint density at radius 3 is 2.79 bits per heavy atom. The van der Waals surface area contributed by atoms with Crippen LogP contribution in [0, 0.1) is 0 Å². The monoisotopic (exact) mass is 319 g/mol. The van der Waals surface area contributed by atoms with Crippen LogP contribution in [0.25, 0.3) is 5.69 Å². The van der Waals surface area contributed by atoms with E-state index in [-0.39, 0.29) is 0 Å². The molecule has 1 N–H and O–H groups in total. The second-order valence-electron chi connectivity index (χ2n) is 6.08. The van der Waals surface area contributed by atoms with E-state index in [4.69, 9.17) is 0 Å². The van der Waals surface area contributed by atoms with Crippen LogP contribution in [0.1, 0.15) is 12.0 Å². The zero-order valence-corrected chi connectivity index (χ0v) is 13.5. The Morgan fingerprint density at radius 1 is 1.04 bits per heavy atom. The van der Waals surface area contributed by atoms with Gasteiger partial charge in [0.15, 0.2) is 0 Å². The average molecular weight is 319 g/mol. The molecular formula is C19H21N5. The maximum absolute atomic E-state index is 4.45. The first-order valence-electron chi connectivity index (χ1n) is 8.37. The topological polar surface area (TPSA) is 46.0 Å². The molecule has 4 rings (SSSR count). The fourth-order valence-corrected chi connectivity index (χ4v) is 3.23. The predicted molar refractivity (Wildman–Crippen MR) is 95.3 cm³/mol. The van der Waals surface area contributed by atoms with Crippen LogP contribution in [0.5, 0.6) is 0 Å². The molecule has 0 bridgehead atoms. The van der Waals surface area contributed by atoms with E-state index in [9.17, 15) is 0 Å². The van der Waals surface area contributed by atoms with Gasteiger partial charge in [0.25, 0.3) is 0 Å². The summed E-state index contributed by atoms with van der Waals surface area (Å²) in [5.74, 6) is 1.07. The van der Waals surface area contributed by atoms with Crippen LogP contribution in [-0.2, 0) is 6.54 Å². The molecule has 2 aromatic heterocycles. The first-order valence-corrected chi connectivity index (χ1v) is 8.37. The molecule has 1 atom stereocenters. The predicted octanol–water partition coefficient (Wildman–Crippen LogP) is 2.64. The van der Waals surface area contributed by atoms with Gasteiger partial charge in [0, 0.05) is 44.3 Å². The van der Waals surface area contributed by atoms with Gasteiger partial charge in [0.1, 0.15) is 5.82 Å². The van der Waals surface area contributed by atoms with Gasteiger partial charge < -0.3 is 10.2 Å². The van der Waals surface area contributed by atoms with E-state index in [0.717, 1.165) is 37.6 Å². The minimum Gasteiger partial charge on any atom is -0.355 e. The van der Waals surface area contributed by atoms with Crippen LogP contribution in [0.15, 0.2) is 67.1 Å². The summed E-state index contributed by atoms with van der Waals surface area (Å²) in [6.45, 7) is 2.90. The fourth-order valence-electron chi connectivity index (χ4n) is 3.23. The SMILES string of the molecule is c1ccc(N2CC[C@H](NCc3ccccc3-n3cccn3)C2)nc1. The smallest absolute Gasteiger partial charge is 0.128 e. The maximum atomic E-state index is 4.45. The highest BCUT2D eigenvalue weighted by Gasteiger charge is 2.23. The summed E-state index contributed by atoms with van der Waals surface area (Å²) in [4.78, 5) is 6.79. The van der Waals surface area contributed by atoms with Crippen molar-refractivity contribution in [2.45, 2.75) is 19.0 Å². The second-order valence-corrected chi connectivity index (χ2v) is 6.08. The van der Waals surface area contributed by atoms with Crippen molar-refractivity contribution >= 4 is 5.82 Å². The third-order valence-corrected chi connectivity index (χ3v) is 4.49. The first-order chi connectivity index (χ1) is 11.9. The molecule has 0 amide bonds. The Kier molecular flexibility index (Phi) is 4.25. The molecule has 0 radical (unpaired) electrons. The van der Waals surface area contributed by atoms with Crippen LogP contribution < -0.4 is 10.2 Å². The molecule has 3 heterocycles. The summed E-state index contributed by atoms with van der Waals surface area (Å²) < 4.78 is 1.92. The van der Waals surface area contributed by atoms with Crippen LogP contribution >= 0.6 is 0 Å². The number of anilines is 1. The summed E-state index contributed by atoms with van der Waals surface area (Å²) >= 11 is 0. The number of hydrogen-bond acceptors (Lipinski definition) is 4. The van der Waals surface area contributed by atoms with Crippen LogP contribution in [-0.4, -0.2) is 33.9 Å². The van der Waals surface area contributed by atoms with Gasteiger partial charge in [-0.3, -0.25) is 0 Å². The Hall–Kier alpha value is -2.66. The van der Waals surface area contributed by atoms with E-state index in [1.54, 1.807) is 0 Å². The number of rotatable bonds is 5. The number of nitrogens with zero attached hydrogens (tertiary/aromatic N) is 4. The van der Waals surface area contributed by atoms with Crippen molar-refractivity contribution in [1.29, 1.82) is 0 Å². The van der Waals surface area contributed by atoms with Gasteiger partial charge >= 0.3 is 0 Å². The van der Waals surface area contributed by atoms with E-state index < -0.39 is 0 Å². The third kappa shape index (κ3) is 3.16. The molecule has 1 fully saturated rings. The number of aromatic nitrogens is 3. The van der Waals surface area contributed by atoms with Gasteiger partial charge in [-0.05, 0) is 36.2 Å². The van der Waals surface area contributed by atoms with Crippen molar-refractivity contribution in [1.82, 2.24) is 20.1 Å². The standard InChI is InChI=1S/C19H21N5/c1-2-7-18(24-12-5-11-22-24)16(6-1)14-21-17-9-13-23(15-17)19-8-3-4-10-20-19/h1-8,10-12,17,21H,9,13-15H2/t17-/m0/s1. The lowest BCUT2D eigenvalue weighted by molar-refractivity contribution is 0.549. The van der Waals surface area contributed by atoms with Crippen LogP contribution in [0.3, 0.4) is 0 Å². The molecule has 3 aromatic rings. The average Bonchev–Trinajstić information content (AvgIpc) is 3.33. The Morgan fingerprint density at radius 2 is 1.96 bits per heavy atom. The molecule has 0 unspecified atom stereocenters. The Balaban J connectivity index is 1.40. The number of benzene rings is 1. The minimum absolute atomic E-state index is 0.484. The van der Waals surface area contributed by atoms with E-state index >= 15 is 0 Å². The van der Waals surface area contributed by atoms with Gasteiger partial charge in [0.2, 0.25) is 0 Å². The minimum atomic E-state index is 0.484. The van der Waals surface area contributed by atoms with Crippen molar-refractivity contribution < 1.29 is 0 Å². The van der Waals surface area contributed by atoms with Crippen LogP contribution in [0.4, 0.5) is 5.82 Å². The molecule has 1 aliphatic rings. The highest BCUT2D eigenvalue weighted by Crippen LogP contribution is 2.19. The van der Waals surface area contributed by atoms with Gasteiger partial charge in [-0.1, -0.05) is 24.3 Å². The molecule has 1 aromatic carbocycles. The summed E-state index contributed by atoms with van der Waals surface area (Å²) in [6.07, 6.45) is 6.79. The first kappa shape index (κ1) is 14.9. The van der Waals surface area contributed by atoms with Gasteiger partial charge in [0.05, 0.1) is 5.69 Å². The molecule has 1 aliphatic heterocycles. The molecule has 1 saturated heterocycles. The van der Waals surface area contributed by atoms with Gasteiger partial charge in [-0.25, -0.2) is 9.67 Å². The lowest BCUT2D eigenvalue weighted by Gasteiger charge is -2.18. The molecular weight excluding hydrogens is 298 g/mol. The molecule has 0 spiro atoms. The maximum Gasteiger partial charge on any atom is 0.128 e. The Bertz CT molecular complexity index is 769. The van der Waals surface area contributed by atoms with Gasteiger partial charge in [-0.2, -0.15) is 5.10 Å². The van der Waals surface area contributed by atoms with Gasteiger partial charge in [-0.15, -0.1) is 0 Å². The molecule has 0 saturated carbocycles. The molecule has 5 nitrogen and oxygen atoms in total. The quantitative estimate of drug-likeness (QED) is 0.785. The van der Waals surface area contributed by atoms with E-state index in [1.165, 1.54) is 5.56 Å². The largest absolute Gasteiger partial charge is 0.355 e. The fraction of sp³-hybridized carbons (Fsp3) is 0.263. The highest BCUT2D eigenvalue weighted by molar-refractivity contribution is 5.41. The van der Waals surface area contributed by atoms with E-state index in [2.05, 4.69) is 50.6 Å². The molecule has 5 heteroatoms. The van der Waals surface area contributed by atoms with Crippen molar-refractivity contribution in [3.05, 3.63) is 72.7 Å². The lowest BCUT2D eigenvalue weighted by Crippen LogP contribution is -2.32. The zero-order valence-electron chi connectivity index (χ0n) is 13.5. The summed E-state index contributed by atoms with van der Waals surface area (Å²) in [6, 6.07) is 16.9. The van der Waals surface area contributed by atoms with E-state index in [1.807, 2.05) is 41.5 Å². The molecule has 0 aliphatic carbocycles. The number of para-hydroxylation sites is 1. The zero-order chi connectivity index (χ0) is 16.2. The van der Waals surface area contributed by atoms with Crippen molar-refractivity contribution in [3.8, 4) is 5.69 Å². The molecule has 24 heavy (non-hydrogen) atoms. The van der Waals surface area contributed by atoms with Crippen molar-refractivity contribution in [3.63, 3.8) is 0 Å². The highest BCUT2D eigenvalue weighted by atomic mass is 15.3. The van der Waals surface area contributed by atoms with Crippen molar-refractivity contribution in [2.24, 2.45) is 0 Å².